The molecular formula is C12H8Cl2N2O2S. The quantitative estimate of drug-likeness (QED) is 0.810. The van der Waals surface area contributed by atoms with Gasteiger partial charge >= 0.3 is 0 Å². The van der Waals surface area contributed by atoms with Crippen molar-refractivity contribution < 1.29 is 9.59 Å². The fourth-order valence-corrected chi connectivity index (χ4v) is 2.53. The van der Waals surface area contributed by atoms with Crippen LogP contribution in [0.15, 0.2) is 28.1 Å². The van der Waals surface area contributed by atoms with Gasteiger partial charge in [-0.1, -0.05) is 29.3 Å². The second-order valence-electron chi connectivity index (χ2n) is 3.69. The number of thioether (sulfide) groups is 1. The molecule has 1 aromatic carbocycles. The zero-order valence-electron chi connectivity index (χ0n) is 9.74. The van der Waals surface area contributed by atoms with E-state index in [-0.39, 0.29) is 17.0 Å². The number of halogens is 2. The van der Waals surface area contributed by atoms with Crippen LogP contribution in [0.1, 0.15) is 12.5 Å². The number of carbonyl (C=O) groups excluding carboxylic acids is 2. The summed E-state index contributed by atoms with van der Waals surface area (Å²) in [7, 11) is 0. The molecule has 0 spiro atoms. The summed E-state index contributed by atoms with van der Waals surface area (Å²) in [5.74, 6) is -0.658. The van der Waals surface area contributed by atoms with Crippen LogP contribution >= 0.6 is 35.0 Å². The first kappa shape index (κ1) is 14.1. The fourth-order valence-electron chi connectivity index (χ4n) is 1.37. The van der Waals surface area contributed by atoms with Crippen molar-refractivity contribution in [3.8, 4) is 0 Å². The molecule has 1 N–H and O–H groups in total. The van der Waals surface area contributed by atoms with E-state index in [1.165, 1.54) is 6.92 Å². The van der Waals surface area contributed by atoms with E-state index in [1.807, 2.05) is 0 Å². The monoisotopic (exact) mass is 314 g/mol. The smallest absolute Gasteiger partial charge is 0.286 e. The molecule has 0 saturated heterocycles. The average molecular weight is 315 g/mol. The molecule has 0 aromatic heterocycles. The first-order chi connectivity index (χ1) is 8.95. The van der Waals surface area contributed by atoms with Gasteiger partial charge in [0.25, 0.3) is 5.91 Å². The number of aliphatic imine (C=N–C) groups is 1. The van der Waals surface area contributed by atoms with Crippen molar-refractivity contribution in [2.24, 2.45) is 4.99 Å². The van der Waals surface area contributed by atoms with E-state index < -0.39 is 0 Å². The number of hydrogen-bond acceptors (Lipinski definition) is 3. The Morgan fingerprint density at radius 1 is 1.37 bits per heavy atom. The lowest BCUT2D eigenvalue weighted by atomic mass is 10.2. The molecular weight excluding hydrogens is 307 g/mol. The Labute approximate surface area is 123 Å². The summed E-state index contributed by atoms with van der Waals surface area (Å²) in [5, 5.41) is 3.61. The third kappa shape index (κ3) is 3.59. The van der Waals surface area contributed by atoms with Crippen LogP contribution in [0.5, 0.6) is 0 Å². The highest BCUT2D eigenvalue weighted by molar-refractivity contribution is 8.18. The lowest BCUT2D eigenvalue weighted by Gasteiger charge is -2.00. The van der Waals surface area contributed by atoms with Crippen LogP contribution in [0.2, 0.25) is 10.0 Å². The highest BCUT2D eigenvalue weighted by Gasteiger charge is 2.22. The zero-order valence-corrected chi connectivity index (χ0v) is 12.1. The summed E-state index contributed by atoms with van der Waals surface area (Å²) in [5.41, 5.74) is 0.740. The maximum absolute atomic E-state index is 11.6. The van der Waals surface area contributed by atoms with Crippen molar-refractivity contribution in [1.82, 2.24) is 5.32 Å². The summed E-state index contributed by atoms with van der Waals surface area (Å²) >= 11 is 12.8. The Morgan fingerprint density at radius 3 is 2.74 bits per heavy atom. The third-order valence-electron chi connectivity index (χ3n) is 2.14. The molecule has 0 aliphatic carbocycles. The van der Waals surface area contributed by atoms with Gasteiger partial charge in [-0.3, -0.25) is 9.59 Å². The first-order valence-corrected chi connectivity index (χ1v) is 6.78. The van der Waals surface area contributed by atoms with Gasteiger partial charge in [0, 0.05) is 6.92 Å². The molecule has 1 aliphatic rings. The number of amides is 2. The maximum Gasteiger partial charge on any atom is 0.286 e. The normalized spacial score (nSPS) is 16.7. The molecule has 7 heteroatoms. The van der Waals surface area contributed by atoms with Gasteiger partial charge in [-0.2, -0.15) is 4.99 Å². The SMILES string of the molecule is CC(=O)NC1=NC(=O)C(=Cc2ccc(Cl)c(Cl)c2)S1. The summed E-state index contributed by atoms with van der Waals surface area (Å²) in [4.78, 5) is 26.7. The molecule has 1 aromatic rings. The molecule has 0 radical (unpaired) electrons. The number of nitrogens with zero attached hydrogens (tertiary/aromatic N) is 1. The molecule has 0 bridgehead atoms. The van der Waals surface area contributed by atoms with Gasteiger partial charge < -0.3 is 5.32 Å². The molecule has 1 aliphatic heterocycles. The number of carbonyl (C=O) groups is 2. The minimum Gasteiger partial charge on any atom is -0.305 e. The van der Waals surface area contributed by atoms with Gasteiger partial charge in [0.2, 0.25) is 5.91 Å². The van der Waals surface area contributed by atoms with E-state index >= 15 is 0 Å². The van der Waals surface area contributed by atoms with Crippen molar-refractivity contribution in [1.29, 1.82) is 0 Å². The zero-order chi connectivity index (χ0) is 14.0. The van der Waals surface area contributed by atoms with Crippen molar-refractivity contribution in [3.63, 3.8) is 0 Å². The van der Waals surface area contributed by atoms with E-state index in [9.17, 15) is 9.59 Å². The predicted octanol–water partition coefficient (Wildman–Crippen LogP) is 3.10. The lowest BCUT2D eigenvalue weighted by molar-refractivity contribution is -0.117. The fraction of sp³-hybridized carbons (Fsp3) is 0.0833. The van der Waals surface area contributed by atoms with Gasteiger partial charge in [-0.15, -0.1) is 0 Å². The highest BCUT2D eigenvalue weighted by atomic mass is 35.5. The van der Waals surface area contributed by atoms with Gasteiger partial charge in [-0.05, 0) is 35.5 Å². The predicted molar refractivity (Wildman–Crippen MR) is 78.3 cm³/mol. The Balaban J connectivity index is 2.20. The summed E-state index contributed by atoms with van der Waals surface area (Å²) < 4.78 is 0. The van der Waals surface area contributed by atoms with Crippen molar-refractivity contribution in [2.75, 3.05) is 0 Å². The number of amidine groups is 1. The molecule has 0 saturated carbocycles. The van der Waals surface area contributed by atoms with Crippen LogP contribution in [0, 0.1) is 0 Å². The molecule has 4 nitrogen and oxygen atoms in total. The molecule has 98 valence electrons. The molecule has 0 unspecified atom stereocenters. The first-order valence-electron chi connectivity index (χ1n) is 5.21. The summed E-state index contributed by atoms with van der Waals surface area (Å²) in [6, 6.07) is 5.04. The van der Waals surface area contributed by atoms with Crippen LogP contribution in [0.3, 0.4) is 0 Å². The third-order valence-corrected chi connectivity index (χ3v) is 3.78. The number of hydrogen-bond donors (Lipinski definition) is 1. The molecule has 1 heterocycles. The van der Waals surface area contributed by atoms with E-state index in [0.717, 1.165) is 17.3 Å². The van der Waals surface area contributed by atoms with Gasteiger partial charge in [0.1, 0.15) is 0 Å². The van der Waals surface area contributed by atoms with Crippen molar-refractivity contribution in [3.05, 3.63) is 38.7 Å². The molecule has 2 rings (SSSR count). The van der Waals surface area contributed by atoms with Crippen LogP contribution in [0.25, 0.3) is 6.08 Å². The molecule has 2 amide bonds. The second kappa shape index (κ2) is 5.77. The average Bonchev–Trinajstić information content (AvgIpc) is 2.63. The molecule has 0 atom stereocenters. The highest BCUT2D eigenvalue weighted by Crippen LogP contribution is 2.29. The van der Waals surface area contributed by atoms with Crippen molar-refractivity contribution >= 4 is 58.0 Å². The van der Waals surface area contributed by atoms with Gasteiger partial charge in [0.15, 0.2) is 5.17 Å². The van der Waals surface area contributed by atoms with Crippen LogP contribution in [-0.4, -0.2) is 17.0 Å². The number of rotatable bonds is 1. The summed E-state index contributed by atoms with van der Waals surface area (Å²) in [6.07, 6.45) is 1.65. The molecule has 19 heavy (non-hydrogen) atoms. The van der Waals surface area contributed by atoms with Gasteiger partial charge in [0.05, 0.1) is 15.0 Å². The Morgan fingerprint density at radius 2 is 2.11 bits per heavy atom. The Hall–Kier alpha value is -1.30. The van der Waals surface area contributed by atoms with E-state index in [1.54, 1.807) is 24.3 Å². The van der Waals surface area contributed by atoms with E-state index in [4.69, 9.17) is 23.2 Å². The second-order valence-corrected chi connectivity index (χ2v) is 5.53. The molecule has 0 fully saturated rings. The minimum atomic E-state index is -0.389. The Kier molecular flexibility index (Phi) is 4.29. The van der Waals surface area contributed by atoms with Crippen LogP contribution in [0.4, 0.5) is 0 Å². The summed E-state index contributed by atoms with van der Waals surface area (Å²) in [6.45, 7) is 1.36. The Bertz CT molecular complexity index is 626. The number of benzene rings is 1. The maximum atomic E-state index is 11.6. The largest absolute Gasteiger partial charge is 0.305 e. The number of nitrogens with one attached hydrogen (secondary N) is 1. The van der Waals surface area contributed by atoms with Crippen LogP contribution in [-0.2, 0) is 9.59 Å². The van der Waals surface area contributed by atoms with Crippen LogP contribution < -0.4 is 5.32 Å². The lowest BCUT2D eigenvalue weighted by Crippen LogP contribution is -2.23. The van der Waals surface area contributed by atoms with E-state index in [2.05, 4.69) is 10.3 Å². The van der Waals surface area contributed by atoms with Gasteiger partial charge in [-0.25, -0.2) is 0 Å². The van der Waals surface area contributed by atoms with E-state index in [0.29, 0.717) is 15.0 Å². The minimum absolute atomic E-state index is 0.269. The van der Waals surface area contributed by atoms with Crippen molar-refractivity contribution in [2.45, 2.75) is 6.92 Å². The topological polar surface area (TPSA) is 58.5 Å². The standard InChI is InChI=1S/C12H8Cl2N2O2S/c1-6(17)15-12-16-11(18)10(19-12)5-7-2-3-8(13)9(14)4-7/h2-5H,1H3,(H,15,16,17,18).